The zero-order valence-corrected chi connectivity index (χ0v) is 13.7. The molecule has 1 unspecified atom stereocenters. The Kier molecular flexibility index (Phi) is 3.98. The number of hydrogen-bond acceptors (Lipinski definition) is 3. The summed E-state index contributed by atoms with van der Waals surface area (Å²) in [6, 6.07) is 6.79. The Hall–Kier alpha value is -1.07. The number of imidazole rings is 1. The molecule has 0 spiro atoms. The second-order valence-corrected chi connectivity index (χ2v) is 6.16. The van der Waals surface area contributed by atoms with Crippen LogP contribution in [0.25, 0.3) is 5.65 Å². The van der Waals surface area contributed by atoms with E-state index in [0.717, 1.165) is 23.3 Å². The highest BCUT2D eigenvalue weighted by molar-refractivity contribution is 9.08. The minimum absolute atomic E-state index is 0.646. The van der Waals surface area contributed by atoms with Crippen LogP contribution in [-0.4, -0.2) is 47.5 Å². The molecule has 2 aromatic heterocycles. The van der Waals surface area contributed by atoms with Crippen LogP contribution < -0.4 is 4.90 Å². The lowest BCUT2D eigenvalue weighted by atomic mass is 10.2. The molecular weight excluding hydrogens is 316 g/mol. The topological polar surface area (TPSA) is 23.8 Å². The van der Waals surface area contributed by atoms with Gasteiger partial charge in [0.1, 0.15) is 5.65 Å². The lowest BCUT2D eigenvalue weighted by molar-refractivity contribution is 0.314. The van der Waals surface area contributed by atoms with Crippen LogP contribution in [-0.2, 0) is 5.33 Å². The third-order valence-electron chi connectivity index (χ3n) is 4.25. The minimum atomic E-state index is 0.646. The summed E-state index contributed by atoms with van der Waals surface area (Å²) in [5.41, 5.74) is 2.24. The number of aromatic nitrogens is 2. The number of hydrogen-bond donors (Lipinski definition) is 0. The molecule has 0 amide bonds. The van der Waals surface area contributed by atoms with Crippen LogP contribution in [0.2, 0.25) is 0 Å². The van der Waals surface area contributed by atoms with E-state index in [2.05, 4.69) is 62.6 Å². The SMILES string of the molecule is CN(CC1CCCN1C)c1nc2ccccn2c1CBr. The standard InChI is InChI=1S/C15H21BrN4/c1-18-8-5-6-12(18)11-19(2)15-13(10-16)20-9-4-3-7-14(20)17-15/h3-4,7,9,12H,5-6,8,10-11H2,1-2H3. The van der Waals surface area contributed by atoms with Crippen LogP contribution in [0.15, 0.2) is 24.4 Å². The summed E-state index contributed by atoms with van der Waals surface area (Å²) in [6.07, 6.45) is 4.68. The molecule has 1 saturated heterocycles. The average Bonchev–Trinajstić information content (AvgIpc) is 3.02. The summed E-state index contributed by atoms with van der Waals surface area (Å²) in [7, 11) is 4.38. The Morgan fingerprint density at radius 2 is 2.30 bits per heavy atom. The van der Waals surface area contributed by atoms with Crippen LogP contribution in [0.1, 0.15) is 18.5 Å². The van der Waals surface area contributed by atoms with E-state index in [1.165, 1.54) is 25.1 Å². The van der Waals surface area contributed by atoms with Gasteiger partial charge in [-0.25, -0.2) is 4.98 Å². The molecule has 3 heterocycles. The smallest absolute Gasteiger partial charge is 0.151 e. The second kappa shape index (κ2) is 5.74. The first kappa shape index (κ1) is 13.9. The van der Waals surface area contributed by atoms with Gasteiger partial charge >= 0.3 is 0 Å². The summed E-state index contributed by atoms with van der Waals surface area (Å²) >= 11 is 3.60. The molecule has 4 nitrogen and oxygen atoms in total. The van der Waals surface area contributed by atoms with Crippen molar-refractivity contribution in [2.45, 2.75) is 24.2 Å². The van der Waals surface area contributed by atoms with Gasteiger partial charge in [0.05, 0.1) is 5.69 Å². The Labute approximate surface area is 128 Å². The first-order chi connectivity index (χ1) is 9.70. The largest absolute Gasteiger partial charge is 0.357 e. The van der Waals surface area contributed by atoms with Crippen molar-refractivity contribution in [2.75, 3.05) is 32.1 Å². The molecule has 1 fully saturated rings. The molecule has 5 heteroatoms. The summed E-state index contributed by atoms with van der Waals surface area (Å²) in [5.74, 6) is 1.09. The van der Waals surface area contributed by atoms with Crippen LogP contribution >= 0.6 is 15.9 Å². The number of halogens is 1. The zero-order valence-electron chi connectivity index (χ0n) is 12.1. The molecule has 0 radical (unpaired) electrons. The maximum Gasteiger partial charge on any atom is 0.151 e. The Balaban J connectivity index is 1.88. The Morgan fingerprint density at radius 1 is 1.45 bits per heavy atom. The predicted molar refractivity (Wildman–Crippen MR) is 86.7 cm³/mol. The minimum Gasteiger partial charge on any atom is -0.357 e. The van der Waals surface area contributed by atoms with E-state index in [1.807, 2.05) is 6.07 Å². The van der Waals surface area contributed by atoms with Gasteiger partial charge in [-0.2, -0.15) is 0 Å². The highest BCUT2D eigenvalue weighted by Gasteiger charge is 2.24. The van der Waals surface area contributed by atoms with Crippen molar-refractivity contribution in [1.29, 1.82) is 0 Å². The molecule has 0 saturated carbocycles. The van der Waals surface area contributed by atoms with Gasteiger partial charge in [0, 0.05) is 31.2 Å². The van der Waals surface area contributed by atoms with Crippen LogP contribution in [0, 0.1) is 0 Å². The molecule has 20 heavy (non-hydrogen) atoms. The number of rotatable bonds is 4. The number of pyridine rings is 1. The third-order valence-corrected chi connectivity index (χ3v) is 4.78. The maximum absolute atomic E-state index is 4.79. The Bertz CT molecular complexity index is 595. The molecular formula is C15H21BrN4. The molecule has 0 N–H and O–H groups in total. The monoisotopic (exact) mass is 336 g/mol. The van der Waals surface area contributed by atoms with Crippen LogP contribution in [0.5, 0.6) is 0 Å². The van der Waals surface area contributed by atoms with Gasteiger partial charge in [-0.1, -0.05) is 22.0 Å². The van der Waals surface area contributed by atoms with Gasteiger partial charge in [0.2, 0.25) is 0 Å². The van der Waals surface area contributed by atoms with Crippen molar-refractivity contribution in [3.05, 3.63) is 30.1 Å². The second-order valence-electron chi connectivity index (χ2n) is 5.60. The number of likely N-dealkylation sites (tertiary alicyclic amines) is 1. The summed E-state index contributed by atoms with van der Waals surface area (Å²) in [5, 5.41) is 0.818. The summed E-state index contributed by atoms with van der Waals surface area (Å²) in [4.78, 5) is 9.55. The molecule has 0 aromatic carbocycles. The quantitative estimate of drug-likeness (QED) is 0.802. The number of alkyl halides is 1. The van der Waals surface area contributed by atoms with E-state index < -0.39 is 0 Å². The van der Waals surface area contributed by atoms with Crippen molar-refractivity contribution >= 4 is 27.4 Å². The normalized spacial score (nSPS) is 19.9. The lowest BCUT2D eigenvalue weighted by Gasteiger charge is -2.26. The zero-order chi connectivity index (χ0) is 14.1. The third kappa shape index (κ3) is 2.44. The molecule has 3 rings (SSSR count). The van der Waals surface area contributed by atoms with Crippen molar-refractivity contribution in [2.24, 2.45) is 0 Å². The van der Waals surface area contributed by atoms with Crippen LogP contribution in [0.3, 0.4) is 0 Å². The van der Waals surface area contributed by atoms with Crippen molar-refractivity contribution in [1.82, 2.24) is 14.3 Å². The van der Waals surface area contributed by atoms with Crippen molar-refractivity contribution < 1.29 is 0 Å². The van der Waals surface area contributed by atoms with Gasteiger partial charge in [0.15, 0.2) is 5.82 Å². The summed E-state index contributed by atoms with van der Waals surface area (Å²) in [6.45, 7) is 2.26. The van der Waals surface area contributed by atoms with E-state index in [-0.39, 0.29) is 0 Å². The van der Waals surface area contributed by atoms with E-state index in [4.69, 9.17) is 4.98 Å². The Morgan fingerprint density at radius 3 is 3.00 bits per heavy atom. The van der Waals surface area contributed by atoms with Crippen molar-refractivity contribution in [3.63, 3.8) is 0 Å². The van der Waals surface area contributed by atoms with E-state index in [9.17, 15) is 0 Å². The highest BCUT2D eigenvalue weighted by atomic mass is 79.9. The van der Waals surface area contributed by atoms with Gasteiger partial charge in [-0.15, -0.1) is 0 Å². The molecule has 1 aliphatic rings. The highest BCUT2D eigenvalue weighted by Crippen LogP contribution is 2.25. The van der Waals surface area contributed by atoms with Crippen LogP contribution in [0.4, 0.5) is 5.82 Å². The fourth-order valence-electron chi connectivity index (χ4n) is 3.08. The number of likely N-dealkylation sites (N-methyl/N-ethyl adjacent to an activating group) is 2. The lowest BCUT2D eigenvalue weighted by Crippen LogP contribution is -2.37. The number of nitrogens with zero attached hydrogens (tertiary/aromatic N) is 4. The fraction of sp³-hybridized carbons (Fsp3) is 0.533. The molecule has 1 aliphatic heterocycles. The number of fused-ring (bicyclic) bond motifs is 1. The van der Waals surface area contributed by atoms with Gasteiger partial charge in [-0.05, 0) is 38.6 Å². The first-order valence-electron chi connectivity index (χ1n) is 7.14. The molecule has 1 atom stereocenters. The molecule has 0 bridgehead atoms. The van der Waals surface area contributed by atoms with Gasteiger partial charge < -0.3 is 14.2 Å². The van der Waals surface area contributed by atoms with Gasteiger partial charge in [0.25, 0.3) is 0 Å². The predicted octanol–water partition coefficient (Wildman–Crippen LogP) is 2.76. The van der Waals surface area contributed by atoms with Gasteiger partial charge in [-0.3, -0.25) is 0 Å². The fourth-order valence-corrected chi connectivity index (χ4v) is 3.60. The number of anilines is 1. The molecule has 2 aromatic rings. The van der Waals surface area contributed by atoms with E-state index >= 15 is 0 Å². The molecule has 0 aliphatic carbocycles. The molecule has 108 valence electrons. The van der Waals surface area contributed by atoms with E-state index in [0.29, 0.717) is 6.04 Å². The average molecular weight is 337 g/mol. The van der Waals surface area contributed by atoms with E-state index in [1.54, 1.807) is 0 Å². The first-order valence-corrected chi connectivity index (χ1v) is 8.26. The summed E-state index contributed by atoms with van der Waals surface area (Å²) < 4.78 is 2.17. The van der Waals surface area contributed by atoms with Crippen molar-refractivity contribution in [3.8, 4) is 0 Å². The maximum atomic E-state index is 4.79.